The van der Waals surface area contributed by atoms with E-state index in [1.54, 1.807) is 29.2 Å². The van der Waals surface area contributed by atoms with E-state index in [-0.39, 0.29) is 5.56 Å². The molecule has 0 atom stereocenters. The summed E-state index contributed by atoms with van der Waals surface area (Å²) in [6, 6.07) is 7.39. The molecule has 11 nitrogen and oxygen atoms in total. The Balaban J connectivity index is 1.47. The molecule has 1 N–H and O–H groups in total. The van der Waals surface area contributed by atoms with Crippen molar-refractivity contribution in [1.29, 1.82) is 0 Å². The van der Waals surface area contributed by atoms with E-state index in [1.165, 1.54) is 21.3 Å². The summed E-state index contributed by atoms with van der Waals surface area (Å²) in [4.78, 5) is 23.8. The molecule has 11 heteroatoms. The highest BCUT2D eigenvalue weighted by atomic mass is 16.5. The first kappa shape index (κ1) is 21.6. The molecule has 1 saturated heterocycles. The molecule has 3 aromatic heterocycles. The third-order valence-electron chi connectivity index (χ3n) is 5.77. The Morgan fingerprint density at radius 3 is 2.68 bits per heavy atom. The number of imidazole rings is 1. The third kappa shape index (κ3) is 3.85. The summed E-state index contributed by atoms with van der Waals surface area (Å²) in [5, 5.41) is 7.75. The lowest BCUT2D eigenvalue weighted by Gasteiger charge is -2.18. The molecule has 176 valence electrons. The van der Waals surface area contributed by atoms with Gasteiger partial charge in [-0.1, -0.05) is 0 Å². The van der Waals surface area contributed by atoms with Crippen LogP contribution in [0.2, 0.25) is 0 Å². The minimum atomic E-state index is -0.529. The monoisotopic (exact) mass is 463 g/mol. The average Bonchev–Trinajstić information content (AvgIpc) is 3.64. The van der Waals surface area contributed by atoms with Gasteiger partial charge in [-0.05, 0) is 31.0 Å². The molecule has 0 unspecified atom stereocenters. The van der Waals surface area contributed by atoms with Crippen LogP contribution in [-0.2, 0) is 4.74 Å². The topological polar surface area (TPSA) is 108 Å². The Bertz CT molecular complexity index is 1340. The molecule has 0 aliphatic carbocycles. The molecule has 4 heterocycles. The van der Waals surface area contributed by atoms with Crippen molar-refractivity contribution in [2.24, 2.45) is 0 Å². The van der Waals surface area contributed by atoms with Gasteiger partial charge in [0.2, 0.25) is 5.95 Å². The van der Waals surface area contributed by atoms with E-state index in [0.29, 0.717) is 29.0 Å². The summed E-state index contributed by atoms with van der Waals surface area (Å²) in [7, 11) is 4.30. The highest BCUT2D eigenvalue weighted by Crippen LogP contribution is 2.34. The van der Waals surface area contributed by atoms with Crippen LogP contribution in [0.15, 0.2) is 43.0 Å². The minimum Gasteiger partial charge on any atom is -0.493 e. The number of hydrogen-bond donors (Lipinski definition) is 1. The SMILES string of the molecule is COC(=O)c1cc(-n2cnc(Nc3nc(N4CCCC4)c4cccn4n3)c2)cc(OC)c1OC. The van der Waals surface area contributed by atoms with Gasteiger partial charge in [-0.15, -0.1) is 5.10 Å². The fraction of sp³-hybridized carbons (Fsp3) is 0.304. The van der Waals surface area contributed by atoms with Gasteiger partial charge in [-0.2, -0.15) is 4.98 Å². The number of hydrogen-bond acceptors (Lipinski definition) is 9. The van der Waals surface area contributed by atoms with E-state index in [2.05, 4.69) is 20.3 Å². The number of carbonyl (C=O) groups is 1. The summed E-state index contributed by atoms with van der Waals surface area (Å²) in [6.45, 7) is 1.96. The molecule has 0 saturated carbocycles. The molecule has 4 aromatic rings. The van der Waals surface area contributed by atoms with Gasteiger partial charge in [-0.3, -0.25) is 0 Å². The van der Waals surface area contributed by atoms with E-state index >= 15 is 0 Å². The number of anilines is 3. The Morgan fingerprint density at radius 1 is 1.12 bits per heavy atom. The zero-order valence-electron chi connectivity index (χ0n) is 19.2. The van der Waals surface area contributed by atoms with Gasteiger partial charge in [-0.25, -0.2) is 14.3 Å². The Labute approximate surface area is 195 Å². The molecule has 0 spiro atoms. The number of carbonyl (C=O) groups excluding carboxylic acids is 1. The van der Waals surface area contributed by atoms with Gasteiger partial charge in [0, 0.05) is 25.4 Å². The number of rotatable bonds is 7. The fourth-order valence-corrected chi connectivity index (χ4v) is 4.14. The smallest absolute Gasteiger partial charge is 0.341 e. The summed E-state index contributed by atoms with van der Waals surface area (Å²) in [5.74, 6) is 2.08. The molecule has 1 fully saturated rings. The molecule has 0 amide bonds. The Hall–Kier alpha value is -4.28. The maximum Gasteiger partial charge on any atom is 0.341 e. The fourth-order valence-electron chi connectivity index (χ4n) is 4.14. The first-order valence-electron chi connectivity index (χ1n) is 10.9. The van der Waals surface area contributed by atoms with Crippen LogP contribution in [0, 0.1) is 0 Å². The van der Waals surface area contributed by atoms with Gasteiger partial charge in [0.25, 0.3) is 0 Å². The number of nitrogens with zero attached hydrogens (tertiary/aromatic N) is 6. The van der Waals surface area contributed by atoms with Gasteiger partial charge < -0.3 is 29.0 Å². The van der Waals surface area contributed by atoms with Gasteiger partial charge in [0.05, 0.1) is 33.2 Å². The molecule has 5 rings (SSSR count). The normalized spacial score (nSPS) is 13.3. The largest absolute Gasteiger partial charge is 0.493 e. The summed E-state index contributed by atoms with van der Waals surface area (Å²) < 4.78 is 19.3. The van der Waals surface area contributed by atoms with E-state index in [9.17, 15) is 4.79 Å². The number of methoxy groups -OCH3 is 3. The minimum absolute atomic E-state index is 0.249. The third-order valence-corrected chi connectivity index (χ3v) is 5.77. The van der Waals surface area contributed by atoms with Crippen LogP contribution >= 0.6 is 0 Å². The van der Waals surface area contributed by atoms with Crippen molar-refractivity contribution in [3.8, 4) is 17.2 Å². The summed E-state index contributed by atoms with van der Waals surface area (Å²) in [6.07, 6.45) is 7.62. The predicted molar refractivity (Wildman–Crippen MR) is 126 cm³/mol. The lowest BCUT2D eigenvalue weighted by molar-refractivity contribution is 0.0596. The van der Waals surface area contributed by atoms with Crippen molar-refractivity contribution in [1.82, 2.24) is 24.1 Å². The second-order valence-corrected chi connectivity index (χ2v) is 7.80. The van der Waals surface area contributed by atoms with Crippen molar-refractivity contribution >= 4 is 29.1 Å². The quantitative estimate of drug-likeness (QED) is 0.414. The zero-order valence-corrected chi connectivity index (χ0v) is 19.2. The maximum absolute atomic E-state index is 12.3. The second kappa shape index (κ2) is 8.93. The molecule has 0 radical (unpaired) electrons. The number of esters is 1. The number of aromatic nitrogens is 5. The Kier molecular flexibility index (Phi) is 5.66. The van der Waals surface area contributed by atoms with Crippen LogP contribution in [0.5, 0.6) is 11.5 Å². The van der Waals surface area contributed by atoms with E-state index in [1.807, 2.05) is 22.8 Å². The van der Waals surface area contributed by atoms with E-state index < -0.39 is 5.97 Å². The number of nitrogens with one attached hydrogen (secondary N) is 1. The molecule has 1 aliphatic rings. The molecule has 1 aliphatic heterocycles. The van der Waals surface area contributed by atoms with Gasteiger partial charge in [0.15, 0.2) is 23.1 Å². The van der Waals surface area contributed by atoms with Crippen LogP contribution in [0.25, 0.3) is 11.2 Å². The Morgan fingerprint density at radius 2 is 1.94 bits per heavy atom. The van der Waals surface area contributed by atoms with Crippen LogP contribution in [0.3, 0.4) is 0 Å². The number of fused-ring (bicyclic) bond motifs is 1. The van der Waals surface area contributed by atoms with Crippen LogP contribution < -0.4 is 19.7 Å². The highest BCUT2D eigenvalue weighted by molar-refractivity contribution is 5.94. The number of benzene rings is 1. The van der Waals surface area contributed by atoms with Crippen molar-refractivity contribution in [2.45, 2.75) is 12.8 Å². The molecular weight excluding hydrogens is 438 g/mol. The molecule has 1 aromatic carbocycles. The van der Waals surface area contributed by atoms with E-state index in [0.717, 1.165) is 37.3 Å². The second-order valence-electron chi connectivity index (χ2n) is 7.80. The molecular formula is C23H25N7O4. The highest BCUT2D eigenvalue weighted by Gasteiger charge is 2.21. The molecule has 34 heavy (non-hydrogen) atoms. The lowest BCUT2D eigenvalue weighted by Crippen LogP contribution is -2.21. The van der Waals surface area contributed by atoms with Gasteiger partial charge >= 0.3 is 5.97 Å². The molecule has 0 bridgehead atoms. The zero-order chi connectivity index (χ0) is 23.7. The summed E-state index contributed by atoms with van der Waals surface area (Å²) in [5.41, 5.74) is 1.87. The van der Waals surface area contributed by atoms with Crippen molar-refractivity contribution < 1.29 is 19.0 Å². The van der Waals surface area contributed by atoms with Gasteiger partial charge in [0.1, 0.15) is 17.4 Å². The van der Waals surface area contributed by atoms with Crippen LogP contribution in [-0.4, -0.2) is 64.5 Å². The van der Waals surface area contributed by atoms with E-state index in [4.69, 9.17) is 19.2 Å². The first-order chi connectivity index (χ1) is 16.6. The predicted octanol–water partition coefficient (Wildman–Crippen LogP) is 3.06. The van der Waals surface area contributed by atoms with Crippen molar-refractivity contribution in [2.75, 3.05) is 44.6 Å². The van der Waals surface area contributed by atoms with Crippen molar-refractivity contribution in [3.05, 3.63) is 48.5 Å². The first-order valence-corrected chi connectivity index (χ1v) is 10.9. The number of ether oxygens (including phenoxy) is 3. The maximum atomic E-state index is 12.3. The van der Waals surface area contributed by atoms with Crippen LogP contribution in [0.1, 0.15) is 23.2 Å². The van der Waals surface area contributed by atoms with Crippen LogP contribution in [0.4, 0.5) is 17.6 Å². The summed E-state index contributed by atoms with van der Waals surface area (Å²) >= 11 is 0. The van der Waals surface area contributed by atoms with Crippen molar-refractivity contribution in [3.63, 3.8) is 0 Å². The lowest BCUT2D eigenvalue weighted by atomic mass is 10.1. The average molecular weight is 463 g/mol. The standard InChI is InChI=1S/C23H25N7O4/c1-32-18-12-15(11-16(20(18)33-2)22(31)34-3)29-13-19(24-14-29)25-23-26-21(28-8-4-5-9-28)17-7-6-10-30(17)27-23/h6-7,10-14H,4-5,8-9H2,1-3H3,(H,25,27).